The molecule has 0 atom stereocenters. The highest BCUT2D eigenvalue weighted by atomic mass is 16.3. The SMILES string of the molecule is CCC(C)(C)CCCCCCc1cc(O)c(O)c(CCCCC2(C)CC2)c1. The molecule has 0 saturated heterocycles. The van der Waals surface area contributed by atoms with Crippen molar-refractivity contribution in [2.24, 2.45) is 10.8 Å². The van der Waals surface area contributed by atoms with E-state index in [0.29, 0.717) is 10.8 Å². The van der Waals surface area contributed by atoms with E-state index in [1.54, 1.807) is 6.07 Å². The Hall–Kier alpha value is -1.18. The van der Waals surface area contributed by atoms with Gasteiger partial charge in [-0.1, -0.05) is 65.9 Å². The molecule has 2 heteroatoms. The standard InChI is InChI=1S/C25H42O2/c1-5-24(2,3)14-10-7-6-8-12-20-18-21(23(27)22(26)19-20)13-9-11-15-25(4)16-17-25/h18-19,26-27H,5-17H2,1-4H3. The molecule has 27 heavy (non-hydrogen) atoms. The van der Waals surface area contributed by atoms with Crippen LogP contribution >= 0.6 is 0 Å². The third-order valence-electron chi connectivity index (χ3n) is 6.83. The smallest absolute Gasteiger partial charge is 0.160 e. The maximum absolute atomic E-state index is 10.2. The molecule has 0 radical (unpaired) electrons. The summed E-state index contributed by atoms with van der Waals surface area (Å²) in [4.78, 5) is 0. The van der Waals surface area contributed by atoms with Gasteiger partial charge in [-0.2, -0.15) is 0 Å². The summed E-state index contributed by atoms with van der Waals surface area (Å²) in [6, 6.07) is 3.87. The van der Waals surface area contributed by atoms with Gasteiger partial charge in [-0.05, 0) is 79.4 Å². The zero-order chi connectivity index (χ0) is 19.9. The van der Waals surface area contributed by atoms with Gasteiger partial charge in [0.15, 0.2) is 11.5 Å². The fourth-order valence-electron chi connectivity index (χ4n) is 3.87. The summed E-state index contributed by atoms with van der Waals surface area (Å²) >= 11 is 0. The van der Waals surface area contributed by atoms with Crippen molar-refractivity contribution >= 4 is 0 Å². The molecular weight excluding hydrogens is 332 g/mol. The summed E-state index contributed by atoms with van der Waals surface area (Å²) in [5.74, 6) is 0.152. The predicted octanol–water partition coefficient (Wildman–Crippen LogP) is 7.54. The highest BCUT2D eigenvalue weighted by molar-refractivity contribution is 5.47. The second-order valence-corrected chi connectivity index (χ2v) is 10.1. The second-order valence-electron chi connectivity index (χ2n) is 10.1. The predicted molar refractivity (Wildman–Crippen MR) is 116 cm³/mol. The Morgan fingerprint density at radius 1 is 0.926 bits per heavy atom. The van der Waals surface area contributed by atoms with Crippen LogP contribution in [0.2, 0.25) is 0 Å². The lowest BCUT2D eigenvalue weighted by atomic mass is 9.84. The van der Waals surface area contributed by atoms with Crippen molar-refractivity contribution in [3.05, 3.63) is 23.3 Å². The van der Waals surface area contributed by atoms with Gasteiger partial charge in [0, 0.05) is 0 Å². The third kappa shape index (κ3) is 7.76. The number of aryl methyl sites for hydroxylation is 2. The average Bonchev–Trinajstić information content (AvgIpc) is 3.36. The molecule has 0 aliphatic heterocycles. The van der Waals surface area contributed by atoms with E-state index < -0.39 is 0 Å². The molecule has 154 valence electrons. The van der Waals surface area contributed by atoms with Crippen LogP contribution in [0.1, 0.15) is 109 Å². The summed E-state index contributed by atoms with van der Waals surface area (Å²) in [5, 5.41) is 20.3. The lowest BCUT2D eigenvalue weighted by molar-refractivity contribution is 0.307. The minimum Gasteiger partial charge on any atom is -0.504 e. The number of hydrogen-bond donors (Lipinski definition) is 2. The molecule has 1 aliphatic rings. The Labute approximate surface area is 167 Å². The fraction of sp³-hybridized carbons (Fsp3) is 0.760. The van der Waals surface area contributed by atoms with E-state index in [1.165, 1.54) is 63.4 Å². The van der Waals surface area contributed by atoms with E-state index in [-0.39, 0.29) is 11.5 Å². The first kappa shape index (κ1) is 22.1. The quantitative estimate of drug-likeness (QED) is 0.276. The molecule has 0 amide bonds. The van der Waals surface area contributed by atoms with Gasteiger partial charge in [0.25, 0.3) is 0 Å². The topological polar surface area (TPSA) is 40.5 Å². The van der Waals surface area contributed by atoms with Gasteiger partial charge >= 0.3 is 0 Å². The van der Waals surface area contributed by atoms with Crippen LogP contribution in [-0.2, 0) is 12.8 Å². The Balaban J connectivity index is 1.71. The van der Waals surface area contributed by atoms with Gasteiger partial charge in [-0.15, -0.1) is 0 Å². The van der Waals surface area contributed by atoms with E-state index in [0.717, 1.165) is 31.2 Å². The zero-order valence-electron chi connectivity index (χ0n) is 18.2. The van der Waals surface area contributed by atoms with E-state index in [4.69, 9.17) is 0 Å². The summed E-state index contributed by atoms with van der Waals surface area (Å²) in [6.45, 7) is 9.37. The number of benzene rings is 1. The monoisotopic (exact) mass is 374 g/mol. The van der Waals surface area contributed by atoms with Gasteiger partial charge in [0.1, 0.15) is 0 Å². The Morgan fingerprint density at radius 3 is 2.26 bits per heavy atom. The lowest BCUT2D eigenvalue weighted by Crippen LogP contribution is -2.08. The zero-order valence-corrected chi connectivity index (χ0v) is 18.2. The second kappa shape index (κ2) is 9.85. The Kier molecular flexibility index (Phi) is 8.06. The van der Waals surface area contributed by atoms with Crippen molar-refractivity contribution in [1.29, 1.82) is 0 Å². The molecule has 1 aromatic carbocycles. The molecule has 0 spiro atoms. The molecule has 2 N–H and O–H groups in total. The van der Waals surface area contributed by atoms with Crippen molar-refractivity contribution in [3.8, 4) is 11.5 Å². The van der Waals surface area contributed by atoms with Gasteiger partial charge in [-0.25, -0.2) is 0 Å². The average molecular weight is 375 g/mol. The summed E-state index contributed by atoms with van der Waals surface area (Å²) < 4.78 is 0. The van der Waals surface area contributed by atoms with Crippen LogP contribution < -0.4 is 0 Å². The van der Waals surface area contributed by atoms with E-state index >= 15 is 0 Å². The Bertz CT molecular complexity index is 584. The molecule has 0 unspecified atom stereocenters. The summed E-state index contributed by atoms with van der Waals surface area (Å²) in [6.07, 6.45) is 15.8. The molecule has 1 aliphatic carbocycles. The number of aromatic hydroxyl groups is 2. The molecule has 2 rings (SSSR count). The van der Waals surface area contributed by atoms with Crippen LogP contribution in [0.15, 0.2) is 12.1 Å². The number of hydrogen-bond acceptors (Lipinski definition) is 2. The first-order valence-electron chi connectivity index (χ1n) is 11.3. The molecule has 0 aromatic heterocycles. The number of phenols is 2. The largest absolute Gasteiger partial charge is 0.504 e. The van der Waals surface area contributed by atoms with Gasteiger partial charge in [-0.3, -0.25) is 0 Å². The highest BCUT2D eigenvalue weighted by Gasteiger charge is 2.35. The van der Waals surface area contributed by atoms with Crippen LogP contribution in [0.3, 0.4) is 0 Å². The molecule has 1 saturated carbocycles. The van der Waals surface area contributed by atoms with E-state index in [2.05, 4.69) is 33.8 Å². The van der Waals surface area contributed by atoms with Crippen LogP contribution in [0.4, 0.5) is 0 Å². The molecule has 0 heterocycles. The summed E-state index contributed by atoms with van der Waals surface area (Å²) in [7, 11) is 0. The van der Waals surface area contributed by atoms with Gasteiger partial charge in [0.2, 0.25) is 0 Å². The number of unbranched alkanes of at least 4 members (excludes halogenated alkanes) is 4. The van der Waals surface area contributed by atoms with E-state index in [9.17, 15) is 10.2 Å². The molecular formula is C25H42O2. The molecule has 0 bridgehead atoms. The molecule has 2 nitrogen and oxygen atoms in total. The van der Waals surface area contributed by atoms with Gasteiger partial charge < -0.3 is 10.2 Å². The minimum atomic E-state index is 0.0568. The van der Waals surface area contributed by atoms with Crippen molar-refractivity contribution in [1.82, 2.24) is 0 Å². The van der Waals surface area contributed by atoms with Crippen LogP contribution in [0.25, 0.3) is 0 Å². The Morgan fingerprint density at radius 2 is 1.59 bits per heavy atom. The third-order valence-corrected chi connectivity index (χ3v) is 6.83. The molecule has 1 aromatic rings. The van der Waals surface area contributed by atoms with Crippen molar-refractivity contribution in [2.75, 3.05) is 0 Å². The normalized spacial score (nSPS) is 15.9. The van der Waals surface area contributed by atoms with Crippen molar-refractivity contribution in [3.63, 3.8) is 0 Å². The van der Waals surface area contributed by atoms with Crippen LogP contribution in [0, 0.1) is 10.8 Å². The van der Waals surface area contributed by atoms with Gasteiger partial charge in [0.05, 0.1) is 0 Å². The highest BCUT2D eigenvalue weighted by Crippen LogP contribution is 2.49. The lowest BCUT2D eigenvalue weighted by Gasteiger charge is -2.22. The van der Waals surface area contributed by atoms with E-state index in [1.807, 2.05) is 0 Å². The van der Waals surface area contributed by atoms with Crippen LogP contribution in [0.5, 0.6) is 11.5 Å². The maximum Gasteiger partial charge on any atom is 0.160 e. The first-order valence-corrected chi connectivity index (χ1v) is 11.3. The van der Waals surface area contributed by atoms with Crippen molar-refractivity contribution in [2.45, 2.75) is 111 Å². The number of phenolic OH excluding ortho intramolecular Hbond substituents is 2. The summed E-state index contributed by atoms with van der Waals surface area (Å²) in [5.41, 5.74) is 3.19. The number of rotatable bonds is 13. The maximum atomic E-state index is 10.2. The fourth-order valence-corrected chi connectivity index (χ4v) is 3.87. The first-order chi connectivity index (χ1) is 12.7. The minimum absolute atomic E-state index is 0.0568. The molecule has 1 fully saturated rings. The van der Waals surface area contributed by atoms with Crippen molar-refractivity contribution < 1.29 is 10.2 Å². The van der Waals surface area contributed by atoms with Crippen LogP contribution in [-0.4, -0.2) is 10.2 Å².